The molecule has 3 heterocycles. The van der Waals surface area contributed by atoms with Crippen molar-refractivity contribution in [2.45, 2.75) is 39.3 Å². The summed E-state index contributed by atoms with van der Waals surface area (Å²) < 4.78 is 5.38. The van der Waals surface area contributed by atoms with E-state index in [9.17, 15) is 19.2 Å². The first-order chi connectivity index (χ1) is 14.1. The van der Waals surface area contributed by atoms with Crippen LogP contribution in [0.15, 0.2) is 24.3 Å². The first-order valence-corrected chi connectivity index (χ1v) is 10.1. The van der Waals surface area contributed by atoms with Crippen molar-refractivity contribution in [2.24, 2.45) is 0 Å². The molecular weight excluding hydrogens is 410 g/mol. The number of nitrogens with zero attached hydrogens (tertiary/aromatic N) is 3. The number of benzene rings is 1. The van der Waals surface area contributed by atoms with Gasteiger partial charge in [-0.3, -0.25) is 9.59 Å². The molecule has 0 radical (unpaired) electrons. The van der Waals surface area contributed by atoms with Crippen LogP contribution in [0.1, 0.15) is 61.9 Å². The molecule has 156 valence electrons. The smallest absolute Gasteiger partial charge is 0.410 e. The molecule has 2 aliphatic heterocycles. The molecule has 0 fully saturated rings. The fourth-order valence-corrected chi connectivity index (χ4v) is 4.07. The van der Waals surface area contributed by atoms with Crippen LogP contribution < -0.4 is 0 Å². The molecule has 0 spiro atoms. The molecule has 3 amide bonds. The number of thiazole rings is 1. The van der Waals surface area contributed by atoms with E-state index in [0.29, 0.717) is 23.7 Å². The minimum Gasteiger partial charge on any atom is -0.444 e. The maximum atomic E-state index is 12.5. The van der Waals surface area contributed by atoms with Crippen LogP contribution in [0.2, 0.25) is 0 Å². The van der Waals surface area contributed by atoms with E-state index in [1.165, 1.54) is 17.0 Å². The van der Waals surface area contributed by atoms with Crippen molar-refractivity contribution in [3.05, 3.63) is 51.0 Å². The number of amides is 3. The molecular formula is C20H19N3O6S. The first kappa shape index (κ1) is 20.0. The van der Waals surface area contributed by atoms with Gasteiger partial charge in [-0.1, -0.05) is 17.2 Å². The number of imide groups is 1. The van der Waals surface area contributed by atoms with Gasteiger partial charge in [0.25, 0.3) is 11.8 Å². The molecule has 0 aliphatic carbocycles. The Morgan fingerprint density at radius 2 is 1.73 bits per heavy atom. The van der Waals surface area contributed by atoms with Crippen LogP contribution in [0.25, 0.3) is 0 Å². The van der Waals surface area contributed by atoms with Crippen LogP contribution in [0.3, 0.4) is 0 Å². The summed E-state index contributed by atoms with van der Waals surface area (Å²) in [6.45, 7) is 6.02. The molecule has 0 N–H and O–H groups in total. The van der Waals surface area contributed by atoms with Gasteiger partial charge in [-0.25, -0.2) is 14.6 Å². The van der Waals surface area contributed by atoms with E-state index in [2.05, 4.69) is 4.98 Å². The second-order valence-electron chi connectivity index (χ2n) is 7.87. The van der Waals surface area contributed by atoms with Gasteiger partial charge in [0.2, 0.25) is 5.01 Å². The Balaban J connectivity index is 1.46. The Hall–Kier alpha value is -3.27. The second-order valence-corrected chi connectivity index (χ2v) is 8.95. The second kappa shape index (κ2) is 7.21. The quantitative estimate of drug-likeness (QED) is 0.676. The number of hydroxylamine groups is 2. The lowest BCUT2D eigenvalue weighted by atomic mass is 10.1. The number of hydrogen-bond acceptors (Lipinski definition) is 8. The summed E-state index contributed by atoms with van der Waals surface area (Å²) in [7, 11) is 0. The number of fused-ring (bicyclic) bond motifs is 2. The summed E-state index contributed by atoms with van der Waals surface area (Å²) in [5, 5.41) is 0.475. The van der Waals surface area contributed by atoms with Gasteiger partial charge in [-0.05, 0) is 32.9 Å². The van der Waals surface area contributed by atoms with Crippen molar-refractivity contribution in [3.63, 3.8) is 0 Å². The number of rotatable bonds is 2. The number of hydrogen-bond donors (Lipinski definition) is 0. The molecule has 30 heavy (non-hydrogen) atoms. The van der Waals surface area contributed by atoms with Crippen LogP contribution in [0.5, 0.6) is 0 Å². The monoisotopic (exact) mass is 429 g/mol. The molecule has 0 bridgehead atoms. The molecule has 9 nitrogen and oxygen atoms in total. The third kappa shape index (κ3) is 3.65. The lowest BCUT2D eigenvalue weighted by molar-refractivity contribution is -0.0584. The predicted molar refractivity (Wildman–Crippen MR) is 105 cm³/mol. The van der Waals surface area contributed by atoms with Gasteiger partial charge in [0, 0.05) is 17.8 Å². The minimum atomic E-state index is -0.896. The highest BCUT2D eigenvalue weighted by Crippen LogP contribution is 2.28. The highest BCUT2D eigenvalue weighted by Gasteiger charge is 2.39. The van der Waals surface area contributed by atoms with Crippen LogP contribution >= 0.6 is 11.3 Å². The number of carbonyl (C=O) groups is 4. The molecule has 2 aromatic rings. The third-order valence-electron chi connectivity index (χ3n) is 4.48. The van der Waals surface area contributed by atoms with Gasteiger partial charge in [-0.2, -0.15) is 0 Å². The molecule has 0 saturated heterocycles. The first-order valence-electron chi connectivity index (χ1n) is 9.30. The maximum absolute atomic E-state index is 12.5. The lowest BCUT2D eigenvalue weighted by Crippen LogP contribution is -2.39. The minimum absolute atomic E-state index is 0.0163. The summed E-state index contributed by atoms with van der Waals surface area (Å²) in [6, 6.07) is 6.24. The Labute approximate surface area is 176 Å². The molecule has 1 aromatic heterocycles. The Kier molecular flexibility index (Phi) is 4.81. The summed E-state index contributed by atoms with van der Waals surface area (Å²) in [4.78, 5) is 61.2. The van der Waals surface area contributed by atoms with E-state index in [-0.39, 0.29) is 22.7 Å². The molecule has 0 unspecified atom stereocenters. The predicted octanol–water partition coefficient (Wildman–Crippen LogP) is 2.80. The molecule has 1 aromatic carbocycles. The summed E-state index contributed by atoms with van der Waals surface area (Å²) in [5.41, 5.74) is 0.329. The van der Waals surface area contributed by atoms with Crippen molar-refractivity contribution < 1.29 is 28.8 Å². The van der Waals surface area contributed by atoms with Crippen LogP contribution in [0, 0.1) is 0 Å². The fourth-order valence-electron chi connectivity index (χ4n) is 3.14. The maximum Gasteiger partial charge on any atom is 0.410 e. The Morgan fingerprint density at radius 1 is 1.10 bits per heavy atom. The zero-order valence-corrected chi connectivity index (χ0v) is 17.4. The van der Waals surface area contributed by atoms with Gasteiger partial charge in [0.05, 0.1) is 23.4 Å². The number of carbonyl (C=O) groups excluding carboxylic acids is 4. The zero-order valence-electron chi connectivity index (χ0n) is 16.6. The van der Waals surface area contributed by atoms with Gasteiger partial charge in [0.15, 0.2) is 0 Å². The van der Waals surface area contributed by atoms with E-state index in [4.69, 9.17) is 9.57 Å². The normalized spacial score (nSPS) is 15.7. The highest BCUT2D eigenvalue weighted by atomic mass is 32.1. The van der Waals surface area contributed by atoms with Gasteiger partial charge in [0.1, 0.15) is 5.60 Å². The fraction of sp³-hybridized carbons (Fsp3) is 0.350. The molecule has 0 atom stereocenters. The average molecular weight is 429 g/mol. The summed E-state index contributed by atoms with van der Waals surface area (Å²) in [6.07, 6.45) is 0.0725. The van der Waals surface area contributed by atoms with Crippen LogP contribution in [0.4, 0.5) is 4.79 Å². The zero-order chi connectivity index (χ0) is 21.6. The standard InChI is InChI=1S/C20H19N3O6S/c1-20(2,3)28-19(27)22-9-8-14-13(10-22)21-15(30-14)18(26)29-23-16(24)11-6-4-5-7-12(11)17(23)25/h4-7H,8-10H2,1-3H3. The van der Waals surface area contributed by atoms with Gasteiger partial charge in [-0.15, -0.1) is 11.3 Å². The van der Waals surface area contributed by atoms with Gasteiger partial charge >= 0.3 is 12.1 Å². The molecule has 10 heteroatoms. The topological polar surface area (TPSA) is 106 Å². The Bertz CT molecular complexity index is 1040. The molecule has 2 aliphatic rings. The van der Waals surface area contributed by atoms with Crippen LogP contribution in [-0.4, -0.2) is 51.0 Å². The van der Waals surface area contributed by atoms with Gasteiger partial charge < -0.3 is 14.5 Å². The Morgan fingerprint density at radius 3 is 2.33 bits per heavy atom. The average Bonchev–Trinajstić information content (AvgIpc) is 3.22. The van der Waals surface area contributed by atoms with Crippen molar-refractivity contribution in [2.75, 3.05) is 6.54 Å². The van der Waals surface area contributed by atoms with Crippen molar-refractivity contribution in [1.29, 1.82) is 0 Å². The van der Waals surface area contributed by atoms with Crippen molar-refractivity contribution >= 4 is 35.2 Å². The molecule has 0 saturated carbocycles. The largest absolute Gasteiger partial charge is 0.444 e. The van der Waals surface area contributed by atoms with Crippen LogP contribution in [-0.2, 0) is 22.5 Å². The van der Waals surface area contributed by atoms with E-state index in [0.717, 1.165) is 16.2 Å². The molecule has 4 rings (SSSR count). The van der Waals surface area contributed by atoms with E-state index in [1.54, 1.807) is 32.9 Å². The van der Waals surface area contributed by atoms with E-state index < -0.39 is 29.5 Å². The van der Waals surface area contributed by atoms with E-state index in [1.807, 2.05) is 0 Å². The van der Waals surface area contributed by atoms with E-state index >= 15 is 0 Å². The number of aromatic nitrogens is 1. The summed E-state index contributed by atoms with van der Waals surface area (Å²) >= 11 is 1.13. The third-order valence-corrected chi connectivity index (χ3v) is 5.62. The van der Waals surface area contributed by atoms with Crippen molar-refractivity contribution in [3.8, 4) is 0 Å². The SMILES string of the molecule is CC(C)(C)OC(=O)N1CCc2sc(C(=O)ON3C(=O)c4ccccc4C3=O)nc2C1. The number of ether oxygens (including phenoxy) is 1. The van der Waals surface area contributed by atoms with Crippen molar-refractivity contribution in [1.82, 2.24) is 14.9 Å². The summed E-state index contributed by atoms with van der Waals surface area (Å²) in [5.74, 6) is -2.28. The lowest BCUT2D eigenvalue weighted by Gasteiger charge is -2.29. The highest BCUT2D eigenvalue weighted by molar-refractivity contribution is 7.13.